The van der Waals surface area contributed by atoms with Gasteiger partial charge in [0.15, 0.2) is 0 Å². The molecular formula is C9H16FNO2. The first kappa shape index (κ1) is 10.4. The van der Waals surface area contributed by atoms with Crippen LogP contribution in [0.3, 0.4) is 0 Å². The summed E-state index contributed by atoms with van der Waals surface area (Å²) in [6.45, 7) is 0.0429. The van der Waals surface area contributed by atoms with E-state index in [0.29, 0.717) is 12.6 Å². The van der Waals surface area contributed by atoms with E-state index in [1.807, 2.05) is 0 Å². The Labute approximate surface area is 77.3 Å². The predicted molar refractivity (Wildman–Crippen MR) is 47.4 cm³/mol. The fourth-order valence-electron chi connectivity index (χ4n) is 1.80. The molecule has 0 spiro atoms. The van der Waals surface area contributed by atoms with Crippen molar-refractivity contribution in [1.29, 1.82) is 0 Å². The van der Waals surface area contributed by atoms with Gasteiger partial charge in [0.05, 0.1) is 5.92 Å². The molecule has 1 rings (SSSR count). The summed E-state index contributed by atoms with van der Waals surface area (Å²) >= 11 is 0. The van der Waals surface area contributed by atoms with Gasteiger partial charge in [-0.15, -0.1) is 0 Å². The topological polar surface area (TPSA) is 49.3 Å². The summed E-state index contributed by atoms with van der Waals surface area (Å²) in [6.07, 6.45) is 3.16. The van der Waals surface area contributed by atoms with Crippen molar-refractivity contribution in [3.63, 3.8) is 0 Å². The lowest BCUT2D eigenvalue weighted by molar-refractivity contribution is -0.142. The molecule has 0 aliphatic heterocycles. The third kappa shape index (κ3) is 3.30. The number of carboxylic acid groups (broad SMARTS) is 1. The van der Waals surface area contributed by atoms with E-state index in [4.69, 9.17) is 5.11 Å². The van der Waals surface area contributed by atoms with Crippen LogP contribution < -0.4 is 5.32 Å². The highest BCUT2D eigenvalue weighted by Crippen LogP contribution is 2.24. The summed E-state index contributed by atoms with van der Waals surface area (Å²) < 4.78 is 11.8. The lowest BCUT2D eigenvalue weighted by Crippen LogP contribution is -2.35. The molecule has 3 nitrogen and oxygen atoms in total. The van der Waals surface area contributed by atoms with Crippen LogP contribution in [0, 0.1) is 5.92 Å². The number of aliphatic carboxylic acids is 1. The fraction of sp³-hybridized carbons (Fsp3) is 0.889. The van der Waals surface area contributed by atoms with Crippen LogP contribution in [0.2, 0.25) is 0 Å². The molecule has 0 amide bonds. The van der Waals surface area contributed by atoms with E-state index >= 15 is 0 Å². The lowest BCUT2D eigenvalue weighted by Gasteiger charge is -2.26. The molecule has 0 atom stereocenters. The maximum atomic E-state index is 11.8. The molecule has 0 aromatic heterocycles. The Hall–Kier alpha value is -0.640. The molecule has 0 radical (unpaired) electrons. The summed E-state index contributed by atoms with van der Waals surface area (Å²) in [6, 6.07) is 0.325. The zero-order valence-electron chi connectivity index (χ0n) is 7.63. The summed E-state index contributed by atoms with van der Waals surface area (Å²) in [5.74, 6) is -0.868. The number of hydrogen-bond acceptors (Lipinski definition) is 2. The molecule has 0 unspecified atom stereocenters. The van der Waals surface area contributed by atoms with Gasteiger partial charge < -0.3 is 10.4 Å². The minimum Gasteiger partial charge on any atom is -0.481 e. The molecule has 1 fully saturated rings. The maximum Gasteiger partial charge on any atom is 0.306 e. The summed E-state index contributed by atoms with van der Waals surface area (Å²) in [4.78, 5) is 10.6. The zero-order chi connectivity index (χ0) is 9.68. The van der Waals surface area contributed by atoms with Crippen LogP contribution in [0.4, 0.5) is 4.39 Å². The largest absolute Gasteiger partial charge is 0.481 e. The molecule has 76 valence electrons. The number of carbonyl (C=O) groups is 1. The Morgan fingerprint density at radius 1 is 1.38 bits per heavy atom. The first-order valence-electron chi connectivity index (χ1n) is 4.76. The van der Waals surface area contributed by atoms with Crippen molar-refractivity contribution in [3.8, 4) is 0 Å². The highest BCUT2D eigenvalue weighted by atomic mass is 19.1. The average molecular weight is 189 g/mol. The molecule has 0 saturated heterocycles. The molecule has 0 aromatic rings. The first-order chi connectivity index (χ1) is 6.24. The Bertz CT molecular complexity index is 167. The maximum absolute atomic E-state index is 11.8. The van der Waals surface area contributed by atoms with Gasteiger partial charge in [-0.3, -0.25) is 4.79 Å². The Morgan fingerprint density at radius 3 is 2.46 bits per heavy atom. The third-order valence-electron chi connectivity index (χ3n) is 2.60. The van der Waals surface area contributed by atoms with Crippen LogP contribution in [0.5, 0.6) is 0 Å². The Morgan fingerprint density at radius 2 is 2.00 bits per heavy atom. The van der Waals surface area contributed by atoms with Crippen LogP contribution in [-0.4, -0.2) is 30.3 Å². The van der Waals surface area contributed by atoms with Gasteiger partial charge in [0.2, 0.25) is 0 Å². The van der Waals surface area contributed by atoms with Crippen molar-refractivity contribution >= 4 is 5.97 Å². The molecule has 0 aromatic carbocycles. The van der Waals surface area contributed by atoms with E-state index in [0.717, 1.165) is 25.7 Å². The monoisotopic (exact) mass is 189 g/mol. The summed E-state index contributed by atoms with van der Waals surface area (Å²) in [5.41, 5.74) is 0. The smallest absolute Gasteiger partial charge is 0.306 e. The van der Waals surface area contributed by atoms with Gasteiger partial charge >= 0.3 is 5.97 Å². The second-order valence-electron chi connectivity index (χ2n) is 3.53. The van der Waals surface area contributed by atoms with E-state index < -0.39 is 5.97 Å². The molecular weight excluding hydrogens is 173 g/mol. The predicted octanol–water partition coefficient (Wildman–Crippen LogP) is 1.19. The van der Waals surface area contributed by atoms with E-state index in [1.54, 1.807) is 0 Å². The van der Waals surface area contributed by atoms with Crippen LogP contribution in [0.25, 0.3) is 0 Å². The second kappa shape index (κ2) is 5.17. The first-order valence-corrected chi connectivity index (χ1v) is 4.76. The van der Waals surface area contributed by atoms with Crippen LogP contribution in [-0.2, 0) is 4.79 Å². The van der Waals surface area contributed by atoms with Gasteiger partial charge in [-0.2, -0.15) is 0 Å². The molecule has 1 aliphatic carbocycles. The quantitative estimate of drug-likeness (QED) is 0.698. The van der Waals surface area contributed by atoms with E-state index in [9.17, 15) is 9.18 Å². The summed E-state index contributed by atoms with van der Waals surface area (Å²) in [5, 5.41) is 11.8. The Kier molecular flexibility index (Phi) is 4.15. The van der Waals surface area contributed by atoms with Crippen molar-refractivity contribution in [2.75, 3.05) is 13.2 Å². The van der Waals surface area contributed by atoms with Crippen LogP contribution in [0.15, 0.2) is 0 Å². The van der Waals surface area contributed by atoms with Crippen LogP contribution >= 0.6 is 0 Å². The standard InChI is InChI=1S/C9H16FNO2/c10-5-6-11-8-3-1-7(2-4-8)9(12)13/h7-8,11H,1-6H2,(H,12,13). The number of halogens is 1. The number of carboxylic acids is 1. The summed E-state index contributed by atoms with van der Waals surface area (Å²) in [7, 11) is 0. The van der Waals surface area contributed by atoms with E-state index in [1.165, 1.54) is 0 Å². The molecule has 13 heavy (non-hydrogen) atoms. The normalized spacial score (nSPS) is 28.7. The van der Waals surface area contributed by atoms with Gasteiger partial charge in [0.1, 0.15) is 6.67 Å². The molecule has 2 N–H and O–H groups in total. The average Bonchev–Trinajstić information content (AvgIpc) is 2.15. The van der Waals surface area contributed by atoms with Crippen LogP contribution in [0.1, 0.15) is 25.7 Å². The van der Waals surface area contributed by atoms with Gasteiger partial charge in [-0.25, -0.2) is 4.39 Å². The Balaban J connectivity index is 2.18. The minimum atomic E-state index is -0.691. The van der Waals surface area contributed by atoms with Crippen molar-refractivity contribution in [1.82, 2.24) is 5.32 Å². The SMILES string of the molecule is O=C(O)C1CCC(NCCF)CC1. The number of nitrogens with one attached hydrogen (secondary N) is 1. The number of alkyl halides is 1. The van der Waals surface area contributed by atoms with Crippen molar-refractivity contribution in [2.24, 2.45) is 5.92 Å². The fourth-order valence-corrected chi connectivity index (χ4v) is 1.80. The van der Waals surface area contributed by atoms with Gasteiger partial charge in [-0.05, 0) is 25.7 Å². The second-order valence-corrected chi connectivity index (χ2v) is 3.53. The van der Waals surface area contributed by atoms with Gasteiger partial charge in [-0.1, -0.05) is 0 Å². The zero-order valence-corrected chi connectivity index (χ0v) is 7.63. The minimum absolute atomic E-state index is 0.177. The molecule has 1 saturated carbocycles. The van der Waals surface area contributed by atoms with Gasteiger partial charge in [0.25, 0.3) is 0 Å². The molecule has 4 heteroatoms. The van der Waals surface area contributed by atoms with Crippen molar-refractivity contribution in [3.05, 3.63) is 0 Å². The molecule has 0 heterocycles. The highest BCUT2D eigenvalue weighted by Gasteiger charge is 2.25. The van der Waals surface area contributed by atoms with E-state index in [-0.39, 0.29) is 12.6 Å². The van der Waals surface area contributed by atoms with Gasteiger partial charge in [0, 0.05) is 12.6 Å². The highest BCUT2D eigenvalue weighted by molar-refractivity contribution is 5.70. The molecule has 1 aliphatic rings. The number of hydrogen-bond donors (Lipinski definition) is 2. The van der Waals surface area contributed by atoms with Crippen molar-refractivity contribution < 1.29 is 14.3 Å². The third-order valence-corrected chi connectivity index (χ3v) is 2.60. The molecule has 0 bridgehead atoms. The number of rotatable bonds is 4. The lowest BCUT2D eigenvalue weighted by atomic mass is 9.86. The van der Waals surface area contributed by atoms with Crippen molar-refractivity contribution in [2.45, 2.75) is 31.7 Å². The van der Waals surface area contributed by atoms with E-state index in [2.05, 4.69) is 5.32 Å².